The molecule has 0 radical (unpaired) electrons. The van der Waals surface area contributed by atoms with E-state index in [0.29, 0.717) is 6.54 Å². The number of nitrogens with zero attached hydrogens (tertiary/aromatic N) is 2. The van der Waals surface area contributed by atoms with Gasteiger partial charge in [0, 0.05) is 11.4 Å². The van der Waals surface area contributed by atoms with Gasteiger partial charge in [-0.3, -0.25) is 19.3 Å². The summed E-state index contributed by atoms with van der Waals surface area (Å²) in [5, 5.41) is 3.73. The van der Waals surface area contributed by atoms with E-state index in [2.05, 4.69) is 0 Å². The highest BCUT2D eigenvalue weighted by molar-refractivity contribution is 7.10. The van der Waals surface area contributed by atoms with E-state index in [1.807, 2.05) is 54.8 Å². The first-order valence-electron chi connectivity index (χ1n) is 8.62. The number of hydrogen-bond acceptors (Lipinski definition) is 5. The average molecular weight is 356 g/mol. The summed E-state index contributed by atoms with van der Waals surface area (Å²) in [5.41, 5.74) is 0.857. The fourth-order valence-corrected chi connectivity index (χ4v) is 4.41. The second-order valence-corrected chi connectivity index (χ2v) is 7.33. The van der Waals surface area contributed by atoms with E-state index in [4.69, 9.17) is 4.84 Å². The van der Waals surface area contributed by atoms with Crippen molar-refractivity contribution >= 4 is 28.8 Å². The molecule has 3 atom stereocenters. The standard InChI is InChI=1S/C19H20N2O3S/c1-2-3-11-20-18(22)15-16(14-10-7-12-25-14)21(24-17(15)19(20)23)13-8-5-4-6-9-13/h4-10,12,15-17H,2-3,11H2,1H3/t15-,16+,17-/m1/s1. The molecule has 25 heavy (non-hydrogen) atoms. The van der Waals surface area contributed by atoms with Gasteiger partial charge in [-0.05, 0) is 30.0 Å². The van der Waals surface area contributed by atoms with Crippen LogP contribution in [0.2, 0.25) is 0 Å². The van der Waals surface area contributed by atoms with Gasteiger partial charge in [-0.2, -0.15) is 0 Å². The van der Waals surface area contributed by atoms with Crippen molar-refractivity contribution in [2.45, 2.75) is 31.9 Å². The Bertz CT molecular complexity index is 762. The summed E-state index contributed by atoms with van der Waals surface area (Å²) in [7, 11) is 0. The van der Waals surface area contributed by atoms with Crippen LogP contribution in [0.3, 0.4) is 0 Å². The molecule has 0 spiro atoms. The summed E-state index contributed by atoms with van der Waals surface area (Å²) in [6.07, 6.45) is 1.04. The van der Waals surface area contributed by atoms with Crippen molar-refractivity contribution in [2.75, 3.05) is 11.6 Å². The molecule has 0 saturated carbocycles. The van der Waals surface area contributed by atoms with Crippen LogP contribution in [0, 0.1) is 5.92 Å². The van der Waals surface area contributed by atoms with Gasteiger partial charge in [-0.25, -0.2) is 5.06 Å². The number of carbonyl (C=O) groups is 2. The Hall–Kier alpha value is -2.18. The highest BCUT2D eigenvalue weighted by Crippen LogP contribution is 2.47. The number of carbonyl (C=O) groups excluding carboxylic acids is 2. The van der Waals surface area contributed by atoms with Crippen LogP contribution >= 0.6 is 11.3 Å². The lowest BCUT2D eigenvalue weighted by atomic mass is 9.95. The normalized spacial score (nSPS) is 25.7. The SMILES string of the molecule is CCCCN1C(=O)[C@H]2[C@@H](ON(c3ccccc3)[C@H]2c2cccs2)C1=O. The number of fused-ring (bicyclic) bond motifs is 1. The fraction of sp³-hybridized carbons (Fsp3) is 0.368. The fourth-order valence-electron chi connectivity index (χ4n) is 3.56. The van der Waals surface area contributed by atoms with Crippen LogP contribution in [0.5, 0.6) is 0 Å². The number of anilines is 1. The molecule has 1 aromatic heterocycles. The van der Waals surface area contributed by atoms with Gasteiger partial charge in [-0.15, -0.1) is 11.3 Å². The van der Waals surface area contributed by atoms with Crippen molar-refractivity contribution < 1.29 is 14.4 Å². The molecule has 2 aliphatic rings. The maximum absolute atomic E-state index is 13.0. The Morgan fingerprint density at radius 3 is 2.56 bits per heavy atom. The molecule has 3 heterocycles. The maximum Gasteiger partial charge on any atom is 0.261 e. The van der Waals surface area contributed by atoms with Gasteiger partial charge in [0.1, 0.15) is 12.0 Å². The highest BCUT2D eigenvalue weighted by atomic mass is 32.1. The molecule has 5 nitrogen and oxygen atoms in total. The van der Waals surface area contributed by atoms with E-state index in [0.717, 1.165) is 23.4 Å². The van der Waals surface area contributed by atoms with Crippen molar-refractivity contribution in [3.63, 3.8) is 0 Å². The van der Waals surface area contributed by atoms with Crippen LogP contribution in [0.25, 0.3) is 0 Å². The summed E-state index contributed by atoms with van der Waals surface area (Å²) in [5.74, 6) is -0.799. The Kier molecular flexibility index (Phi) is 4.31. The molecular formula is C19H20N2O3S. The molecule has 0 unspecified atom stereocenters. The van der Waals surface area contributed by atoms with E-state index < -0.39 is 12.0 Å². The molecule has 6 heteroatoms. The van der Waals surface area contributed by atoms with Crippen LogP contribution < -0.4 is 5.06 Å². The minimum Gasteiger partial charge on any atom is -0.280 e. The van der Waals surface area contributed by atoms with Gasteiger partial charge in [0.05, 0.1) is 5.69 Å². The maximum atomic E-state index is 13.0. The Balaban J connectivity index is 1.71. The summed E-state index contributed by atoms with van der Waals surface area (Å²) >= 11 is 1.59. The van der Waals surface area contributed by atoms with Crippen LogP contribution in [0.15, 0.2) is 47.8 Å². The molecule has 2 amide bonds. The first kappa shape index (κ1) is 16.3. The molecule has 2 aromatic rings. The Morgan fingerprint density at radius 2 is 1.88 bits per heavy atom. The van der Waals surface area contributed by atoms with Gasteiger partial charge in [-0.1, -0.05) is 37.6 Å². The molecule has 1 aromatic carbocycles. The van der Waals surface area contributed by atoms with Gasteiger partial charge < -0.3 is 0 Å². The lowest BCUT2D eigenvalue weighted by Crippen LogP contribution is -2.37. The van der Waals surface area contributed by atoms with Crippen LogP contribution in [-0.2, 0) is 14.4 Å². The van der Waals surface area contributed by atoms with Crippen molar-refractivity contribution in [1.82, 2.24) is 4.90 Å². The third-order valence-corrected chi connectivity index (χ3v) is 5.73. The lowest BCUT2D eigenvalue weighted by molar-refractivity contribution is -0.143. The van der Waals surface area contributed by atoms with Gasteiger partial charge >= 0.3 is 0 Å². The second-order valence-electron chi connectivity index (χ2n) is 6.36. The number of likely N-dealkylation sites (tertiary alicyclic amines) is 1. The van der Waals surface area contributed by atoms with Crippen molar-refractivity contribution in [1.29, 1.82) is 0 Å². The van der Waals surface area contributed by atoms with Crippen molar-refractivity contribution in [3.05, 3.63) is 52.7 Å². The smallest absolute Gasteiger partial charge is 0.261 e. The first-order chi connectivity index (χ1) is 12.2. The number of benzene rings is 1. The van der Waals surface area contributed by atoms with Crippen LogP contribution in [0.4, 0.5) is 5.69 Å². The molecule has 0 aliphatic carbocycles. The summed E-state index contributed by atoms with van der Waals surface area (Å²) in [6, 6.07) is 13.4. The van der Waals surface area contributed by atoms with Crippen molar-refractivity contribution in [2.24, 2.45) is 5.92 Å². The molecule has 0 N–H and O–H groups in total. The number of hydrogen-bond donors (Lipinski definition) is 0. The minimum absolute atomic E-state index is 0.111. The van der Waals surface area contributed by atoms with E-state index in [1.165, 1.54) is 4.90 Å². The Morgan fingerprint density at radius 1 is 1.08 bits per heavy atom. The number of amides is 2. The Labute approximate surface area is 150 Å². The number of rotatable bonds is 5. The number of thiophene rings is 1. The number of unbranched alkanes of at least 4 members (excludes halogenated alkanes) is 1. The van der Waals surface area contributed by atoms with Crippen molar-refractivity contribution in [3.8, 4) is 0 Å². The predicted octanol–water partition coefficient (Wildman–Crippen LogP) is 3.39. The first-order valence-corrected chi connectivity index (χ1v) is 9.50. The third kappa shape index (κ3) is 2.65. The monoisotopic (exact) mass is 356 g/mol. The highest BCUT2D eigenvalue weighted by Gasteiger charge is 2.59. The van der Waals surface area contributed by atoms with Gasteiger partial charge in [0.15, 0.2) is 6.10 Å². The summed E-state index contributed by atoms with van der Waals surface area (Å²) < 4.78 is 0. The zero-order valence-corrected chi connectivity index (χ0v) is 14.8. The summed E-state index contributed by atoms with van der Waals surface area (Å²) in [6.45, 7) is 2.53. The third-order valence-electron chi connectivity index (χ3n) is 4.79. The van der Waals surface area contributed by atoms with Crippen LogP contribution in [0.1, 0.15) is 30.7 Å². The van der Waals surface area contributed by atoms with E-state index in [9.17, 15) is 9.59 Å². The molecule has 4 rings (SSSR count). The lowest BCUT2D eigenvalue weighted by Gasteiger charge is -2.27. The van der Waals surface area contributed by atoms with E-state index in [-0.39, 0.29) is 17.9 Å². The molecule has 2 aliphatic heterocycles. The number of imide groups is 1. The zero-order valence-electron chi connectivity index (χ0n) is 14.0. The van der Waals surface area contributed by atoms with E-state index in [1.54, 1.807) is 16.4 Å². The average Bonchev–Trinajstić information content (AvgIpc) is 3.33. The topological polar surface area (TPSA) is 49.9 Å². The molecule has 130 valence electrons. The second kappa shape index (κ2) is 6.61. The number of hydroxylamine groups is 1. The quantitative estimate of drug-likeness (QED) is 0.771. The van der Waals surface area contributed by atoms with Gasteiger partial charge in [0.25, 0.3) is 5.91 Å². The zero-order chi connectivity index (χ0) is 17.4. The summed E-state index contributed by atoms with van der Waals surface area (Å²) in [4.78, 5) is 34.2. The minimum atomic E-state index is -0.725. The molecule has 0 bridgehead atoms. The van der Waals surface area contributed by atoms with Crippen LogP contribution in [-0.4, -0.2) is 29.4 Å². The number of para-hydroxylation sites is 1. The molecule has 2 saturated heterocycles. The largest absolute Gasteiger partial charge is 0.280 e. The predicted molar refractivity (Wildman–Crippen MR) is 96.0 cm³/mol. The van der Waals surface area contributed by atoms with Gasteiger partial charge in [0.2, 0.25) is 5.91 Å². The molecular weight excluding hydrogens is 336 g/mol. The van der Waals surface area contributed by atoms with E-state index >= 15 is 0 Å². The molecule has 2 fully saturated rings.